The summed E-state index contributed by atoms with van der Waals surface area (Å²) in [6.07, 6.45) is 2.68. The lowest BCUT2D eigenvalue weighted by molar-refractivity contribution is -0.116. The van der Waals surface area contributed by atoms with Gasteiger partial charge >= 0.3 is 6.03 Å². The Kier molecular flexibility index (Phi) is 8.85. The van der Waals surface area contributed by atoms with Crippen molar-refractivity contribution in [3.8, 4) is 16.8 Å². The molecule has 2 aromatic carbocycles. The molecule has 7 heteroatoms. The molecule has 0 radical (unpaired) electrons. The summed E-state index contributed by atoms with van der Waals surface area (Å²) in [5.74, 6) is 0.338. The number of hydrogen-bond donors (Lipinski definition) is 2. The van der Waals surface area contributed by atoms with Gasteiger partial charge in [-0.3, -0.25) is 4.79 Å². The van der Waals surface area contributed by atoms with Crippen molar-refractivity contribution in [1.29, 1.82) is 0 Å². The van der Waals surface area contributed by atoms with Crippen LogP contribution in [-0.2, 0) is 4.79 Å². The van der Waals surface area contributed by atoms with Gasteiger partial charge in [-0.25, -0.2) is 9.48 Å². The van der Waals surface area contributed by atoms with Gasteiger partial charge in [-0.1, -0.05) is 68.3 Å². The largest absolute Gasteiger partial charge is 0.338 e. The van der Waals surface area contributed by atoms with Crippen LogP contribution in [0.4, 0.5) is 10.6 Å². The average Bonchev–Trinajstić information content (AvgIpc) is 3.15. The first-order valence-electron chi connectivity index (χ1n) is 12.0. The normalized spacial score (nSPS) is 10.7. The summed E-state index contributed by atoms with van der Waals surface area (Å²) in [4.78, 5) is 27.4. The fraction of sp³-hybridized carbons (Fsp3) is 0.370. The lowest BCUT2D eigenvalue weighted by Gasteiger charge is -2.22. The lowest BCUT2D eigenvalue weighted by Crippen LogP contribution is -2.44. The third-order valence-electron chi connectivity index (χ3n) is 5.58. The molecular weight excluding hydrogens is 426 g/mol. The molecule has 0 aliphatic heterocycles. The molecule has 1 heterocycles. The maximum absolute atomic E-state index is 13.2. The summed E-state index contributed by atoms with van der Waals surface area (Å²) in [5, 5.41) is 10.7. The van der Waals surface area contributed by atoms with Crippen molar-refractivity contribution in [3.63, 3.8) is 0 Å². The molecule has 0 fully saturated rings. The van der Waals surface area contributed by atoms with E-state index in [1.165, 1.54) is 0 Å². The standard InChI is InChI=1S/C27H35N5O2/c1-5-7-17-28-27(34)31(18-6-2)19-24(33)29-26-25(22-11-9-8-10-12-22)21(4)30-32(26)23-15-13-20(3)14-16-23/h8-16H,5-7,17-19H2,1-4H3,(H,28,34)(H,29,33). The predicted octanol–water partition coefficient (Wildman–Crippen LogP) is 5.32. The molecule has 3 rings (SSSR count). The predicted molar refractivity (Wildman–Crippen MR) is 137 cm³/mol. The number of urea groups is 1. The van der Waals surface area contributed by atoms with E-state index in [9.17, 15) is 9.59 Å². The van der Waals surface area contributed by atoms with E-state index in [2.05, 4.69) is 17.6 Å². The zero-order valence-corrected chi connectivity index (χ0v) is 20.6. The number of hydrogen-bond acceptors (Lipinski definition) is 3. The number of nitrogens with one attached hydrogen (secondary N) is 2. The van der Waals surface area contributed by atoms with Crippen molar-refractivity contribution >= 4 is 17.8 Å². The molecule has 0 aliphatic carbocycles. The third kappa shape index (κ3) is 6.25. The van der Waals surface area contributed by atoms with Gasteiger partial charge in [0.05, 0.1) is 11.4 Å². The van der Waals surface area contributed by atoms with Crippen LogP contribution in [0.25, 0.3) is 16.8 Å². The van der Waals surface area contributed by atoms with E-state index in [1.54, 1.807) is 9.58 Å². The SMILES string of the molecule is CCCCNC(=O)N(CCC)CC(=O)Nc1c(-c2ccccc2)c(C)nn1-c1ccc(C)cc1. The maximum atomic E-state index is 13.2. The molecule has 180 valence electrons. The number of aryl methyl sites for hydroxylation is 2. The van der Waals surface area contributed by atoms with Crippen molar-refractivity contribution < 1.29 is 9.59 Å². The topological polar surface area (TPSA) is 79.3 Å². The van der Waals surface area contributed by atoms with Gasteiger partial charge in [0.15, 0.2) is 0 Å². The fourth-order valence-corrected chi connectivity index (χ4v) is 3.82. The molecule has 0 spiro atoms. The monoisotopic (exact) mass is 461 g/mol. The Morgan fingerprint density at radius 2 is 1.68 bits per heavy atom. The van der Waals surface area contributed by atoms with Crippen LogP contribution in [-0.4, -0.2) is 46.3 Å². The average molecular weight is 462 g/mol. The minimum atomic E-state index is -0.260. The van der Waals surface area contributed by atoms with E-state index < -0.39 is 0 Å². The van der Waals surface area contributed by atoms with Crippen molar-refractivity contribution in [1.82, 2.24) is 20.0 Å². The number of carbonyl (C=O) groups excluding carboxylic acids is 2. The van der Waals surface area contributed by atoms with Crippen molar-refractivity contribution in [2.75, 3.05) is 25.0 Å². The van der Waals surface area contributed by atoms with Gasteiger partial charge in [0.25, 0.3) is 0 Å². The Bertz CT molecular complexity index is 1090. The molecule has 3 aromatic rings. The molecule has 0 unspecified atom stereocenters. The van der Waals surface area contributed by atoms with E-state index in [0.29, 0.717) is 18.9 Å². The zero-order valence-electron chi connectivity index (χ0n) is 20.6. The second-order valence-electron chi connectivity index (χ2n) is 8.48. The first-order chi connectivity index (χ1) is 16.4. The van der Waals surface area contributed by atoms with Crippen LogP contribution >= 0.6 is 0 Å². The van der Waals surface area contributed by atoms with Gasteiger partial charge in [-0.15, -0.1) is 0 Å². The molecule has 0 bridgehead atoms. The number of anilines is 1. The molecule has 7 nitrogen and oxygen atoms in total. The summed E-state index contributed by atoms with van der Waals surface area (Å²) in [6.45, 7) is 9.12. The number of amides is 3. The molecule has 2 N–H and O–H groups in total. The van der Waals surface area contributed by atoms with Gasteiger partial charge in [-0.2, -0.15) is 5.10 Å². The number of unbranched alkanes of at least 4 members (excludes halogenated alkanes) is 1. The minimum absolute atomic E-state index is 0.0296. The molecule has 0 atom stereocenters. The summed E-state index contributed by atoms with van der Waals surface area (Å²) in [5.41, 5.74) is 4.64. The van der Waals surface area contributed by atoms with Crippen molar-refractivity contribution in [2.24, 2.45) is 0 Å². The number of rotatable bonds is 10. The second-order valence-corrected chi connectivity index (χ2v) is 8.48. The highest BCUT2D eigenvalue weighted by Gasteiger charge is 2.22. The second kappa shape index (κ2) is 12.0. The van der Waals surface area contributed by atoms with Crippen molar-refractivity contribution in [3.05, 3.63) is 65.9 Å². The Morgan fingerprint density at radius 3 is 2.32 bits per heavy atom. The van der Waals surface area contributed by atoms with Crippen molar-refractivity contribution in [2.45, 2.75) is 47.0 Å². The van der Waals surface area contributed by atoms with Gasteiger partial charge in [-0.05, 0) is 44.4 Å². The Balaban J connectivity index is 1.91. The molecule has 1 aromatic heterocycles. The molecular formula is C27H35N5O2. The smallest absolute Gasteiger partial charge is 0.317 e. The van der Waals surface area contributed by atoms with E-state index in [0.717, 1.165) is 47.3 Å². The number of aromatic nitrogens is 2. The van der Waals surface area contributed by atoms with Crippen LogP contribution in [0.1, 0.15) is 44.4 Å². The highest BCUT2D eigenvalue weighted by molar-refractivity contribution is 5.97. The van der Waals surface area contributed by atoms with Crippen LogP contribution in [0.15, 0.2) is 54.6 Å². The van der Waals surface area contributed by atoms with E-state index in [4.69, 9.17) is 5.10 Å². The first kappa shape index (κ1) is 25.0. The van der Waals surface area contributed by atoms with Crippen LogP contribution < -0.4 is 10.6 Å². The van der Waals surface area contributed by atoms with E-state index >= 15 is 0 Å². The first-order valence-corrected chi connectivity index (χ1v) is 12.0. The minimum Gasteiger partial charge on any atom is -0.338 e. The maximum Gasteiger partial charge on any atom is 0.317 e. The Labute approximate surface area is 202 Å². The van der Waals surface area contributed by atoms with Crippen LogP contribution in [0.5, 0.6) is 0 Å². The molecule has 0 aliphatic rings. The number of benzene rings is 2. The molecule has 0 saturated heterocycles. The number of nitrogens with zero attached hydrogens (tertiary/aromatic N) is 3. The molecule has 34 heavy (non-hydrogen) atoms. The zero-order chi connectivity index (χ0) is 24.5. The van der Waals surface area contributed by atoms with Gasteiger partial charge in [0.2, 0.25) is 5.91 Å². The summed E-state index contributed by atoms with van der Waals surface area (Å²) >= 11 is 0. The number of carbonyl (C=O) groups is 2. The van der Waals surface area contributed by atoms with E-state index in [-0.39, 0.29) is 18.5 Å². The van der Waals surface area contributed by atoms with E-state index in [1.807, 2.05) is 75.4 Å². The molecule has 0 saturated carbocycles. The third-order valence-corrected chi connectivity index (χ3v) is 5.58. The highest BCUT2D eigenvalue weighted by Crippen LogP contribution is 2.33. The Hall–Kier alpha value is -3.61. The van der Waals surface area contributed by atoms with Gasteiger partial charge in [0, 0.05) is 18.7 Å². The van der Waals surface area contributed by atoms with Gasteiger partial charge in [0.1, 0.15) is 12.4 Å². The molecule has 3 amide bonds. The van der Waals surface area contributed by atoms with Crippen LogP contribution in [0, 0.1) is 13.8 Å². The highest BCUT2D eigenvalue weighted by atomic mass is 16.2. The summed E-state index contributed by atoms with van der Waals surface area (Å²) in [6, 6.07) is 17.7. The van der Waals surface area contributed by atoms with Crippen LogP contribution in [0.2, 0.25) is 0 Å². The van der Waals surface area contributed by atoms with Gasteiger partial charge < -0.3 is 15.5 Å². The van der Waals surface area contributed by atoms with Crippen LogP contribution in [0.3, 0.4) is 0 Å². The lowest BCUT2D eigenvalue weighted by atomic mass is 10.1. The fourth-order valence-electron chi connectivity index (χ4n) is 3.82. The Morgan fingerprint density at radius 1 is 0.971 bits per heavy atom. The summed E-state index contributed by atoms with van der Waals surface area (Å²) < 4.78 is 1.76. The summed E-state index contributed by atoms with van der Waals surface area (Å²) in [7, 11) is 0. The quantitative estimate of drug-likeness (QED) is 0.401.